The maximum absolute atomic E-state index is 13.1. The molecule has 0 aromatic heterocycles. The number of carbonyl (C=O) groups is 1. The number of Topliss-reactive ketones (excluding diaryl/α,β-unsaturated/α-hetero) is 1. The van der Waals surface area contributed by atoms with Crippen LogP contribution >= 0.6 is 11.6 Å². The molecule has 0 bridgehead atoms. The Bertz CT molecular complexity index is 488. The maximum Gasteiger partial charge on any atom is 0.183 e. The molecular weight excluding hydrogens is 270 g/mol. The van der Waals surface area contributed by atoms with Crippen molar-refractivity contribution < 1.29 is 4.79 Å². The minimum atomic E-state index is -0.245. The third kappa shape index (κ3) is 2.51. The summed E-state index contributed by atoms with van der Waals surface area (Å²) in [4.78, 5) is 15.6. The standard InChI is InChI=1S/C17H22ClNO/c18-15-8-6-7-14(13-15)16(20)17(9-2-3-10-17)19-11-4-1-5-12-19/h6-8,13H,1-5,9-12H2. The largest absolute Gasteiger partial charge is 0.292 e. The Labute approximate surface area is 126 Å². The molecule has 0 spiro atoms. The predicted molar refractivity (Wildman–Crippen MR) is 82.4 cm³/mol. The molecule has 1 saturated carbocycles. The van der Waals surface area contributed by atoms with Crippen molar-refractivity contribution in [2.24, 2.45) is 0 Å². The minimum Gasteiger partial charge on any atom is -0.292 e. The van der Waals surface area contributed by atoms with Crippen molar-refractivity contribution >= 4 is 17.4 Å². The first-order valence-corrected chi connectivity index (χ1v) is 8.16. The van der Waals surface area contributed by atoms with Gasteiger partial charge in [0.1, 0.15) is 0 Å². The third-order valence-electron chi connectivity index (χ3n) is 4.90. The molecule has 2 nitrogen and oxygen atoms in total. The summed E-state index contributed by atoms with van der Waals surface area (Å²) in [5, 5.41) is 0.655. The van der Waals surface area contributed by atoms with Gasteiger partial charge in [-0.05, 0) is 50.9 Å². The molecule has 1 aliphatic carbocycles. The van der Waals surface area contributed by atoms with Gasteiger partial charge >= 0.3 is 0 Å². The second-order valence-corrected chi connectivity index (χ2v) is 6.56. The zero-order valence-electron chi connectivity index (χ0n) is 11.9. The van der Waals surface area contributed by atoms with Gasteiger partial charge in [0.2, 0.25) is 0 Å². The van der Waals surface area contributed by atoms with E-state index in [2.05, 4.69) is 4.90 Å². The summed E-state index contributed by atoms with van der Waals surface area (Å²) in [6, 6.07) is 7.46. The highest BCUT2D eigenvalue weighted by Crippen LogP contribution is 2.39. The zero-order chi connectivity index (χ0) is 14.0. The number of rotatable bonds is 3. The first-order chi connectivity index (χ1) is 9.72. The number of halogens is 1. The van der Waals surface area contributed by atoms with Crippen LogP contribution in [-0.2, 0) is 0 Å². The molecule has 108 valence electrons. The average molecular weight is 292 g/mol. The summed E-state index contributed by atoms with van der Waals surface area (Å²) in [5.41, 5.74) is 0.537. The van der Waals surface area contributed by atoms with Crippen LogP contribution in [0.1, 0.15) is 55.3 Å². The molecular formula is C17H22ClNO. The molecule has 2 fully saturated rings. The fourth-order valence-electron chi connectivity index (χ4n) is 3.87. The highest BCUT2D eigenvalue weighted by Gasteiger charge is 2.46. The Kier molecular flexibility index (Phi) is 4.13. The van der Waals surface area contributed by atoms with E-state index in [1.807, 2.05) is 24.3 Å². The first kappa shape index (κ1) is 14.1. The van der Waals surface area contributed by atoms with Crippen molar-refractivity contribution in [3.63, 3.8) is 0 Å². The van der Waals surface area contributed by atoms with Crippen molar-refractivity contribution in [1.82, 2.24) is 4.90 Å². The van der Waals surface area contributed by atoms with E-state index in [0.717, 1.165) is 31.5 Å². The Morgan fingerprint density at radius 2 is 1.75 bits per heavy atom. The van der Waals surface area contributed by atoms with Crippen LogP contribution in [-0.4, -0.2) is 29.3 Å². The molecule has 3 rings (SSSR count). The molecule has 2 aliphatic rings. The normalized spacial score (nSPS) is 22.9. The number of ketones is 1. The molecule has 0 atom stereocenters. The van der Waals surface area contributed by atoms with Crippen molar-refractivity contribution in [2.45, 2.75) is 50.5 Å². The highest BCUT2D eigenvalue weighted by atomic mass is 35.5. The lowest BCUT2D eigenvalue weighted by Gasteiger charge is -2.42. The van der Waals surface area contributed by atoms with Gasteiger partial charge in [0.15, 0.2) is 5.78 Å². The van der Waals surface area contributed by atoms with Crippen molar-refractivity contribution in [3.05, 3.63) is 34.9 Å². The van der Waals surface area contributed by atoms with Crippen molar-refractivity contribution in [3.8, 4) is 0 Å². The molecule has 1 aromatic carbocycles. The SMILES string of the molecule is O=C(c1cccc(Cl)c1)C1(N2CCCCC2)CCCC1. The van der Waals surface area contributed by atoms with Gasteiger partial charge in [0, 0.05) is 10.6 Å². The average Bonchev–Trinajstić information content (AvgIpc) is 2.98. The maximum atomic E-state index is 13.1. The van der Waals surface area contributed by atoms with E-state index < -0.39 is 0 Å². The summed E-state index contributed by atoms with van der Waals surface area (Å²) in [6.07, 6.45) is 8.12. The van der Waals surface area contributed by atoms with Crippen LogP contribution in [0.25, 0.3) is 0 Å². The number of carbonyl (C=O) groups excluding carboxylic acids is 1. The van der Waals surface area contributed by atoms with Crippen LogP contribution in [0.4, 0.5) is 0 Å². The topological polar surface area (TPSA) is 20.3 Å². The van der Waals surface area contributed by atoms with Gasteiger partial charge in [-0.3, -0.25) is 9.69 Å². The fourth-order valence-corrected chi connectivity index (χ4v) is 4.06. The molecule has 0 N–H and O–H groups in total. The number of benzene rings is 1. The molecule has 0 unspecified atom stereocenters. The van der Waals surface area contributed by atoms with E-state index >= 15 is 0 Å². The molecule has 1 saturated heterocycles. The molecule has 1 aromatic rings. The van der Waals surface area contributed by atoms with Crippen molar-refractivity contribution in [2.75, 3.05) is 13.1 Å². The van der Waals surface area contributed by atoms with Gasteiger partial charge in [-0.15, -0.1) is 0 Å². The summed E-state index contributed by atoms with van der Waals surface area (Å²) in [7, 11) is 0. The van der Waals surface area contributed by atoms with Crippen LogP contribution in [0.15, 0.2) is 24.3 Å². The van der Waals surface area contributed by atoms with Crippen LogP contribution in [0.2, 0.25) is 5.02 Å². The Balaban J connectivity index is 1.91. The number of likely N-dealkylation sites (tertiary alicyclic amines) is 1. The minimum absolute atomic E-state index is 0.245. The van der Waals surface area contributed by atoms with Crippen LogP contribution in [0.5, 0.6) is 0 Å². The van der Waals surface area contributed by atoms with Gasteiger partial charge in [-0.2, -0.15) is 0 Å². The monoisotopic (exact) mass is 291 g/mol. The van der Waals surface area contributed by atoms with Gasteiger partial charge in [-0.25, -0.2) is 0 Å². The summed E-state index contributed by atoms with van der Waals surface area (Å²) in [6.45, 7) is 2.15. The van der Waals surface area contributed by atoms with E-state index in [4.69, 9.17) is 11.6 Å². The number of piperidine rings is 1. The molecule has 20 heavy (non-hydrogen) atoms. The van der Waals surface area contributed by atoms with E-state index in [-0.39, 0.29) is 5.54 Å². The second-order valence-electron chi connectivity index (χ2n) is 6.13. The number of hydrogen-bond donors (Lipinski definition) is 0. The molecule has 0 radical (unpaired) electrons. The smallest absolute Gasteiger partial charge is 0.183 e. The summed E-state index contributed by atoms with van der Waals surface area (Å²) >= 11 is 6.06. The van der Waals surface area contributed by atoms with Crippen molar-refractivity contribution in [1.29, 1.82) is 0 Å². The van der Waals surface area contributed by atoms with E-state index in [0.29, 0.717) is 10.8 Å². The lowest BCUT2D eigenvalue weighted by Crippen LogP contribution is -2.54. The fraction of sp³-hybridized carbons (Fsp3) is 0.588. The number of hydrogen-bond acceptors (Lipinski definition) is 2. The van der Waals surface area contributed by atoms with Crippen LogP contribution in [0.3, 0.4) is 0 Å². The lowest BCUT2D eigenvalue weighted by molar-refractivity contribution is 0.0477. The second kappa shape index (κ2) is 5.87. The highest BCUT2D eigenvalue weighted by molar-refractivity contribution is 6.31. The van der Waals surface area contributed by atoms with E-state index in [1.54, 1.807) is 0 Å². The van der Waals surface area contributed by atoms with Gasteiger partial charge < -0.3 is 0 Å². The van der Waals surface area contributed by atoms with Gasteiger partial charge in [-0.1, -0.05) is 43.0 Å². The Morgan fingerprint density at radius 3 is 2.40 bits per heavy atom. The van der Waals surface area contributed by atoms with Crippen LogP contribution in [0, 0.1) is 0 Å². The zero-order valence-corrected chi connectivity index (χ0v) is 12.7. The van der Waals surface area contributed by atoms with Gasteiger partial charge in [0.05, 0.1) is 5.54 Å². The first-order valence-electron chi connectivity index (χ1n) is 7.78. The lowest BCUT2D eigenvalue weighted by atomic mass is 9.84. The Hall–Kier alpha value is -0.860. The molecule has 0 amide bonds. The van der Waals surface area contributed by atoms with E-state index in [9.17, 15) is 4.79 Å². The molecule has 1 aliphatic heterocycles. The molecule has 3 heteroatoms. The van der Waals surface area contributed by atoms with E-state index in [1.165, 1.54) is 32.1 Å². The van der Waals surface area contributed by atoms with Gasteiger partial charge in [0.25, 0.3) is 0 Å². The number of nitrogens with zero attached hydrogens (tertiary/aromatic N) is 1. The summed E-state index contributed by atoms with van der Waals surface area (Å²) < 4.78 is 0. The summed E-state index contributed by atoms with van der Waals surface area (Å²) in [5.74, 6) is 0.291. The van der Waals surface area contributed by atoms with Crippen LogP contribution < -0.4 is 0 Å². The predicted octanol–water partition coefficient (Wildman–Crippen LogP) is 4.32. The Morgan fingerprint density at radius 1 is 1.05 bits per heavy atom. The quantitative estimate of drug-likeness (QED) is 0.773. The third-order valence-corrected chi connectivity index (χ3v) is 5.14. The molecule has 1 heterocycles.